The molecule has 2 heteroatoms. The highest BCUT2D eigenvalue weighted by molar-refractivity contribution is 6.30. The summed E-state index contributed by atoms with van der Waals surface area (Å²) in [5.41, 5.74) is 5.24. The van der Waals surface area contributed by atoms with Gasteiger partial charge in [0.05, 0.1) is 0 Å². The van der Waals surface area contributed by atoms with Gasteiger partial charge in [-0.05, 0) is 46.8 Å². The van der Waals surface area contributed by atoms with Crippen LogP contribution in [0.1, 0.15) is 31.9 Å². The second-order valence-corrected chi connectivity index (χ2v) is 6.60. The van der Waals surface area contributed by atoms with Crippen LogP contribution in [0.4, 0.5) is 0 Å². The molecule has 0 radical (unpaired) electrons. The number of nitrogens with one attached hydrogen (secondary N) is 1. The third kappa shape index (κ3) is 3.41. The van der Waals surface area contributed by atoms with Gasteiger partial charge < -0.3 is 5.32 Å². The van der Waals surface area contributed by atoms with E-state index in [0.29, 0.717) is 0 Å². The Bertz CT molecular complexity index is 579. The standard InChI is InChI=1S/C18H22ClN/c1-18(2,3)15-7-5-13(6-8-15)17-10-9-16(19)11-14(17)12-20-4/h5-11,20H,12H2,1-4H3. The summed E-state index contributed by atoms with van der Waals surface area (Å²) < 4.78 is 0. The van der Waals surface area contributed by atoms with E-state index in [2.05, 4.69) is 56.4 Å². The van der Waals surface area contributed by atoms with E-state index in [0.717, 1.165) is 11.6 Å². The van der Waals surface area contributed by atoms with Crippen molar-refractivity contribution in [2.24, 2.45) is 0 Å². The molecule has 0 atom stereocenters. The van der Waals surface area contributed by atoms with Crippen LogP contribution in [0.15, 0.2) is 42.5 Å². The van der Waals surface area contributed by atoms with Gasteiger partial charge in [0.1, 0.15) is 0 Å². The fourth-order valence-electron chi connectivity index (χ4n) is 2.33. The van der Waals surface area contributed by atoms with E-state index < -0.39 is 0 Å². The van der Waals surface area contributed by atoms with Crippen molar-refractivity contribution in [3.63, 3.8) is 0 Å². The van der Waals surface area contributed by atoms with Crippen molar-refractivity contribution >= 4 is 11.6 Å². The molecule has 2 rings (SSSR count). The Morgan fingerprint density at radius 1 is 1.00 bits per heavy atom. The number of rotatable bonds is 3. The smallest absolute Gasteiger partial charge is 0.0409 e. The average Bonchev–Trinajstić information content (AvgIpc) is 2.38. The van der Waals surface area contributed by atoms with Gasteiger partial charge >= 0.3 is 0 Å². The van der Waals surface area contributed by atoms with Gasteiger partial charge in [-0.3, -0.25) is 0 Å². The van der Waals surface area contributed by atoms with Crippen molar-refractivity contribution in [1.29, 1.82) is 0 Å². The predicted molar refractivity (Wildman–Crippen MR) is 88.4 cm³/mol. The molecule has 0 aliphatic rings. The third-order valence-corrected chi connectivity index (χ3v) is 3.73. The quantitative estimate of drug-likeness (QED) is 0.835. The summed E-state index contributed by atoms with van der Waals surface area (Å²) in [7, 11) is 1.95. The van der Waals surface area contributed by atoms with E-state index in [1.807, 2.05) is 19.2 Å². The van der Waals surface area contributed by atoms with Gasteiger partial charge in [0.2, 0.25) is 0 Å². The first-order chi connectivity index (χ1) is 9.41. The Kier molecular flexibility index (Phi) is 4.52. The molecule has 0 spiro atoms. The number of halogens is 1. The van der Waals surface area contributed by atoms with E-state index in [9.17, 15) is 0 Å². The largest absolute Gasteiger partial charge is 0.316 e. The lowest BCUT2D eigenvalue weighted by Gasteiger charge is -2.19. The van der Waals surface area contributed by atoms with Crippen molar-refractivity contribution < 1.29 is 0 Å². The lowest BCUT2D eigenvalue weighted by molar-refractivity contribution is 0.590. The molecule has 2 aromatic rings. The first-order valence-electron chi connectivity index (χ1n) is 6.96. The van der Waals surface area contributed by atoms with Crippen LogP contribution in [0.3, 0.4) is 0 Å². The minimum Gasteiger partial charge on any atom is -0.316 e. The molecule has 106 valence electrons. The normalized spacial score (nSPS) is 11.7. The maximum atomic E-state index is 6.10. The zero-order chi connectivity index (χ0) is 14.8. The Balaban J connectivity index is 2.41. The van der Waals surface area contributed by atoms with Crippen molar-refractivity contribution in [2.75, 3.05) is 7.05 Å². The van der Waals surface area contributed by atoms with Crippen LogP contribution in [0.2, 0.25) is 5.02 Å². The third-order valence-electron chi connectivity index (χ3n) is 3.50. The molecule has 0 aromatic heterocycles. The van der Waals surface area contributed by atoms with Crippen LogP contribution >= 0.6 is 11.6 Å². The summed E-state index contributed by atoms with van der Waals surface area (Å²) in [5, 5.41) is 3.98. The summed E-state index contributed by atoms with van der Waals surface area (Å²) in [6.07, 6.45) is 0. The highest BCUT2D eigenvalue weighted by Crippen LogP contribution is 2.29. The zero-order valence-electron chi connectivity index (χ0n) is 12.6. The minimum atomic E-state index is 0.187. The van der Waals surface area contributed by atoms with Crippen LogP contribution in [0.25, 0.3) is 11.1 Å². The van der Waals surface area contributed by atoms with Crippen LogP contribution < -0.4 is 5.32 Å². The van der Waals surface area contributed by atoms with Crippen molar-refractivity contribution in [1.82, 2.24) is 5.32 Å². The van der Waals surface area contributed by atoms with Crippen LogP contribution in [0, 0.1) is 0 Å². The molecule has 20 heavy (non-hydrogen) atoms. The van der Waals surface area contributed by atoms with Gasteiger partial charge in [0.25, 0.3) is 0 Å². The van der Waals surface area contributed by atoms with Gasteiger partial charge in [0, 0.05) is 11.6 Å². The van der Waals surface area contributed by atoms with Crippen molar-refractivity contribution in [3.05, 3.63) is 58.6 Å². The maximum Gasteiger partial charge on any atom is 0.0409 e. The summed E-state index contributed by atoms with van der Waals surface area (Å²) in [5.74, 6) is 0. The van der Waals surface area contributed by atoms with E-state index in [4.69, 9.17) is 11.6 Å². The fourth-order valence-corrected chi connectivity index (χ4v) is 2.53. The summed E-state index contributed by atoms with van der Waals surface area (Å²) >= 11 is 6.10. The highest BCUT2D eigenvalue weighted by Gasteiger charge is 2.13. The molecule has 0 bridgehead atoms. The molecular formula is C18H22ClN. The lowest BCUT2D eigenvalue weighted by atomic mass is 9.86. The molecule has 0 aliphatic heterocycles. The second-order valence-electron chi connectivity index (χ2n) is 6.16. The number of hydrogen-bond acceptors (Lipinski definition) is 1. The number of benzene rings is 2. The Labute approximate surface area is 127 Å². The monoisotopic (exact) mass is 287 g/mol. The molecular weight excluding hydrogens is 266 g/mol. The number of hydrogen-bond donors (Lipinski definition) is 1. The van der Waals surface area contributed by atoms with Crippen molar-refractivity contribution in [3.8, 4) is 11.1 Å². The van der Waals surface area contributed by atoms with Gasteiger partial charge in [-0.1, -0.05) is 62.7 Å². The molecule has 1 nitrogen and oxygen atoms in total. The van der Waals surface area contributed by atoms with E-state index >= 15 is 0 Å². The lowest BCUT2D eigenvalue weighted by Crippen LogP contribution is -2.10. The van der Waals surface area contributed by atoms with E-state index in [1.54, 1.807) is 0 Å². The Morgan fingerprint density at radius 3 is 2.20 bits per heavy atom. The molecule has 1 N–H and O–H groups in total. The highest BCUT2D eigenvalue weighted by atomic mass is 35.5. The molecule has 0 amide bonds. The second kappa shape index (κ2) is 5.99. The molecule has 0 saturated heterocycles. The van der Waals surface area contributed by atoms with E-state index in [-0.39, 0.29) is 5.41 Å². The first kappa shape index (κ1) is 15.1. The molecule has 2 aromatic carbocycles. The van der Waals surface area contributed by atoms with Crippen LogP contribution in [0.5, 0.6) is 0 Å². The first-order valence-corrected chi connectivity index (χ1v) is 7.33. The van der Waals surface area contributed by atoms with E-state index in [1.165, 1.54) is 22.3 Å². The summed E-state index contributed by atoms with van der Waals surface area (Å²) in [6, 6.07) is 14.9. The molecule has 0 unspecified atom stereocenters. The SMILES string of the molecule is CNCc1cc(Cl)ccc1-c1ccc(C(C)(C)C)cc1. The maximum absolute atomic E-state index is 6.10. The fraction of sp³-hybridized carbons (Fsp3) is 0.333. The van der Waals surface area contributed by atoms with Crippen LogP contribution in [-0.4, -0.2) is 7.05 Å². The van der Waals surface area contributed by atoms with Gasteiger partial charge in [-0.15, -0.1) is 0 Å². The predicted octanol–water partition coefficient (Wildman–Crippen LogP) is 5.02. The van der Waals surface area contributed by atoms with Gasteiger partial charge in [-0.25, -0.2) is 0 Å². The van der Waals surface area contributed by atoms with Crippen molar-refractivity contribution in [2.45, 2.75) is 32.7 Å². The molecule has 0 heterocycles. The molecule has 0 saturated carbocycles. The Morgan fingerprint density at radius 2 is 1.65 bits per heavy atom. The topological polar surface area (TPSA) is 12.0 Å². The van der Waals surface area contributed by atoms with Gasteiger partial charge in [-0.2, -0.15) is 0 Å². The summed E-state index contributed by atoms with van der Waals surface area (Å²) in [6.45, 7) is 7.51. The Hall–Kier alpha value is -1.31. The van der Waals surface area contributed by atoms with Crippen LogP contribution in [-0.2, 0) is 12.0 Å². The zero-order valence-corrected chi connectivity index (χ0v) is 13.4. The average molecular weight is 288 g/mol. The molecule has 0 fully saturated rings. The minimum absolute atomic E-state index is 0.187. The van der Waals surface area contributed by atoms with Gasteiger partial charge in [0.15, 0.2) is 0 Å². The summed E-state index contributed by atoms with van der Waals surface area (Å²) in [4.78, 5) is 0. The molecule has 0 aliphatic carbocycles.